The van der Waals surface area contributed by atoms with E-state index < -0.39 is 15.7 Å². The van der Waals surface area contributed by atoms with Crippen molar-refractivity contribution in [3.63, 3.8) is 0 Å². The van der Waals surface area contributed by atoms with E-state index in [0.717, 1.165) is 17.6 Å². The number of hydrogen-bond acceptors (Lipinski definition) is 5. The number of thiophene rings is 1. The third-order valence-electron chi connectivity index (χ3n) is 2.00. The van der Waals surface area contributed by atoms with Gasteiger partial charge in [0.05, 0.1) is 15.8 Å². The molecule has 2 aromatic rings. The Labute approximate surface area is 95.8 Å². The molecule has 0 unspecified atom stereocenters. The number of pyridine rings is 1. The number of amides is 1. The van der Waals surface area contributed by atoms with Crippen LogP contribution in [0.1, 0.15) is 10.4 Å². The lowest BCUT2D eigenvalue weighted by molar-refractivity contribution is 0.0999. The van der Waals surface area contributed by atoms with Crippen LogP contribution in [0.25, 0.3) is 10.2 Å². The SMILES string of the molecule is CS(=O)(=O)c1sc2cccnc2c1C(N)=O. The van der Waals surface area contributed by atoms with Gasteiger partial charge in [-0.3, -0.25) is 9.78 Å². The molecule has 2 aromatic heterocycles. The van der Waals surface area contributed by atoms with Crippen LogP contribution in [-0.4, -0.2) is 25.6 Å². The summed E-state index contributed by atoms with van der Waals surface area (Å²) in [4.78, 5) is 15.2. The van der Waals surface area contributed by atoms with E-state index in [2.05, 4.69) is 4.98 Å². The number of fused-ring (bicyclic) bond motifs is 1. The maximum atomic E-state index is 11.5. The van der Waals surface area contributed by atoms with Gasteiger partial charge >= 0.3 is 0 Å². The molecule has 0 fully saturated rings. The van der Waals surface area contributed by atoms with Gasteiger partial charge in [-0.15, -0.1) is 11.3 Å². The van der Waals surface area contributed by atoms with E-state index in [1.54, 1.807) is 12.1 Å². The second kappa shape index (κ2) is 3.53. The average molecular weight is 256 g/mol. The Bertz CT molecular complexity index is 673. The summed E-state index contributed by atoms with van der Waals surface area (Å²) in [5.41, 5.74) is 5.52. The number of primary amides is 1. The topological polar surface area (TPSA) is 90.1 Å². The second-order valence-electron chi connectivity index (χ2n) is 3.25. The first kappa shape index (κ1) is 11.0. The number of nitrogens with two attached hydrogens (primary N) is 1. The van der Waals surface area contributed by atoms with Gasteiger partial charge in [0.15, 0.2) is 9.84 Å². The minimum absolute atomic E-state index is 0.0110. The Morgan fingerprint density at radius 1 is 1.50 bits per heavy atom. The average Bonchev–Trinajstić information content (AvgIpc) is 2.55. The Balaban J connectivity index is 2.95. The first-order valence-electron chi connectivity index (χ1n) is 4.28. The van der Waals surface area contributed by atoms with Crippen LogP contribution in [0.2, 0.25) is 0 Å². The molecule has 0 aliphatic rings. The highest BCUT2D eigenvalue weighted by atomic mass is 32.2. The molecule has 0 saturated carbocycles. The third kappa shape index (κ3) is 1.68. The molecule has 84 valence electrons. The van der Waals surface area contributed by atoms with Crippen LogP contribution in [0.4, 0.5) is 0 Å². The first-order valence-corrected chi connectivity index (χ1v) is 6.99. The lowest BCUT2D eigenvalue weighted by atomic mass is 10.2. The van der Waals surface area contributed by atoms with Gasteiger partial charge in [-0.2, -0.15) is 0 Å². The fourth-order valence-electron chi connectivity index (χ4n) is 1.39. The van der Waals surface area contributed by atoms with Crippen molar-refractivity contribution in [3.05, 3.63) is 23.9 Å². The summed E-state index contributed by atoms with van der Waals surface area (Å²) in [7, 11) is -3.46. The summed E-state index contributed by atoms with van der Waals surface area (Å²) in [5, 5.41) is 0. The van der Waals surface area contributed by atoms with Crippen LogP contribution in [0, 0.1) is 0 Å². The van der Waals surface area contributed by atoms with Gasteiger partial charge in [0.1, 0.15) is 4.21 Å². The van der Waals surface area contributed by atoms with E-state index in [-0.39, 0.29) is 9.77 Å². The molecule has 2 heterocycles. The van der Waals surface area contributed by atoms with Crippen molar-refractivity contribution in [1.29, 1.82) is 0 Å². The quantitative estimate of drug-likeness (QED) is 0.860. The standard InChI is InChI=1S/C9H8N2O3S2/c1-16(13,14)9-6(8(10)12)7-5(15-9)3-2-4-11-7/h2-4H,1H3,(H2,10,12). The minimum atomic E-state index is -3.46. The highest BCUT2D eigenvalue weighted by Gasteiger charge is 2.24. The van der Waals surface area contributed by atoms with E-state index >= 15 is 0 Å². The van der Waals surface area contributed by atoms with Crippen molar-refractivity contribution in [2.75, 3.05) is 6.26 Å². The fourth-order valence-corrected chi connectivity index (χ4v) is 3.73. The molecule has 0 bridgehead atoms. The number of carbonyl (C=O) groups excluding carboxylic acids is 1. The molecule has 0 spiro atoms. The molecule has 0 aromatic carbocycles. The molecular formula is C9H8N2O3S2. The highest BCUT2D eigenvalue weighted by molar-refractivity contribution is 7.93. The zero-order chi connectivity index (χ0) is 11.9. The van der Waals surface area contributed by atoms with E-state index in [1.807, 2.05) is 0 Å². The number of sulfone groups is 1. The summed E-state index contributed by atoms with van der Waals surface area (Å²) >= 11 is 1.01. The van der Waals surface area contributed by atoms with Crippen molar-refractivity contribution < 1.29 is 13.2 Å². The van der Waals surface area contributed by atoms with Crippen molar-refractivity contribution in [2.45, 2.75) is 4.21 Å². The van der Waals surface area contributed by atoms with Gasteiger partial charge in [-0.25, -0.2) is 8.42 Å². The minimum Gasteiger partial charge on any atom is -0.365 e. The first-order chi connectivity index (χ1) is 7.41. The predicted octanol–water partition coefficient (Wildman–Crippen LogP) is 0.799. The van der Waals surface area contributed by atoms with Gasteiger partial charge in [0.25, 0.3) is 5.91 Å². The van der Waals surface area contributed by atoms with Gasteiger partial charge in [-0.1, -0.05) is 0 Å². The summed E-state index contributed by atoms with van der Waals surface area (Å²) in [5.74, 6) is -0.773. The molecule has 0 radical (unpaired) electrons. The second-order valence-corrected chi connectivity index (χ2v) is 6.51. The van der Waals surface area contributed by atoms with Gasteiger partial charge in [0, 0.05) is 12.5 Å². The molecule has 5 nitrogen and oxygen atoms in total. The molecule has 1 amide bonds. The van der Waals surface area contributed by atoms with Crippen molar-refractivity contribution in [3.8, 4) is 0 Å². The van der Waals surface area contributed by atoms with E-state index in [1.165, 1.54) is 6.20 Å². The Morgan fingerprint density at radius 2 is 2.19 bits per heavy atom. The number of rotatable bonds is 2. The Kier molecular flexibility index (Phi) is 2.43. The molecule has 0 saturated heterocycles. The van der Waals surface area contributed by atoms with E-state index in [4.69, 9.17) is 5.73 Å². The zero-order valence-corrected chi connectivity index (χ0v) is 9.93. The smallest absolute Gasteiger partial charge is 0.253 e. The molecule has 0 aliphatic carbocycles. The lowest BCUT2D eigenvalue weighted by Gasteiger charge is -1.96. The van der Waals surface area contributed by atoms with Crippen LogP contribution in [0.5, 0.6) is 0 Å². The van der Waals surface area contributed by atoms with Crippen molar-refractivity contribution in [2.24, 2.45) is 5.73 Å². The highest BCUT2D eigenvalue weighted by Crippen LogP contribution is 2.32. The lowest BCUT2D eigenvalue weighted by Crippen LogP contribution is -2.14. The van der Waals surface area contributed by atoms with Gasteiger partial charge in [0.2, 0.25) is 0 Å². The summed E-state index contributed by atoms with van der Waals surface area (Å²) < 4.78 is 23.6. The zero-order valence-electron chi connectivity index (χ0n) is 8.30. The van der Waals surface area contributed by atoms with Crippen LogP contribution < -0.4 is 5.73 Å². The molecule has 7 heteroatoms. The summed E-state index contributed by atoms with van der Waals surface area (Å²) in [6, 6.07) is 3.38. The molecule has 0 atom stereocenters. The van der Waals surface area contributed by atoms with Crippen LogP contribution in [0.15, 0.2) is 22.5 Å². The van der Waals surface area contributed by atoms with Gasteiger partial charge < -0.3 is 5.73 Å². The van der Waals surface area contributed by atoms with Crippen LogP contribution in [0.3, 0.4) is 0 Å². The molecule has 2 rings (SSSR count). The normalized spacial score (nSPS) is 11.8. The van der Waals surface area contributed by atoms with Crippen molar-refractivity contribution >= 4 is 37.3 Å². The number of hydrogen-bond donors (Lipinski definition) is 1. The molecule has 16 heavy (non-hydrogen) atoms. The maximum absolute atomic E-state index is 11.5. The van der Waals surface area contributed by atoms with E-state index in [0.29, 0.717) is 10.2 Å². The Morgan fingerprint density at radius 3 is 2.75 bits per heavy atom. The Hall–Kier alpha value is -1.47. The third-order valence-corrected chi connectivity index (χ3v) is 4.97. The number of carbonyl (C=O) groups is 1. The molecular weight excluding hydrogens is 248 g/mol. The molecule has 2 N–H and O–H groups in total. The summed E-state index contributed by atoms with van der Waals surface area (Å²) in [6.07, 6.45) is 2.54. The van der Waals surface area contributed by atoms with Crippen LogP contribution >= 0.6 is 11.3 Å². The fraction of sp³-hybridized carbons (Fsp3) is 0.111. The van der Waals surface area contributed by atoms with Gasteiger partial charge in [-0.05, 0) is 12.1 Å². The predicted molar refractivity (Wildman–Crippen MR) is 61.2 cm³/mol. The number of aromatic nitrogens is 1. The van der Waals surface area contributed by atoms with E-state index in [9.17, 15) is 13.2 Å². The maximum Gasteiger partial charge on any atom is 0.253 e. The summed E-state index contributed by atoms with van der Waals surface area (Å²) in [6.45, 7) is 0. The van der Waals surface area contributed by atoms with Crippen LogP contribution in [-0.2, 0) is 9.84 Å². The number of nitrogens with zero attached hydrogens (tertiary/aromatic N) is 1. The molecule has 0 aliphatic heterocycles. The largest absolute Gasteiger partial charge is 0.365 e. The monoisotopic (exact) mass is 256 g/mol. The van der Waals surface area contributed by atoms with Crippen molar-refractivity contribution in [1.82, 2.24) is 4.98 Å².